The average Bonchev–Trinajstić information content (AvgIpc) is 3.22. The summed E-state index contributed by atoms with van der Waals surface area (Å²) in [7, 11) is 0. The summed E-state index contributed by atoms with van der Waals surface area (Å²) in [5.41, 5.74) is 2.62. The molecule has 0 fully saturated rings. The highest BCUT2D eigenvalue weighted by molar-refractivity contribution is 9.10. The first kappa shape index (κ1) is 16.7. The van der Waals surface area contributed by atoms with E-state index in [1.807, 2.05) is 13.0 Å². The molecule has 1 amide bonds. The molecule has 1 aliphatic carbocycles. The number of aromatic nitrogens is 4. The van der Waals surface area contributed by atoms with Crippen LogP contribution >= 0.6 is 15.9 Å². The number of hydrogen-bond donors (Lipinski definition) is 2. The van der Waals surface area contributed by atoms with E-state index in [2.05, 4.69) is 36.3 Å². The third kappa shape index (κ3) is 2.96. The Kier molecular flexibility index (Phi) is 4.20. The van der Waals surface area contributed by atoms with Gasteiger partial charge in [-0.25, -0.2) is 4.98 Å². The smallest absolute Gasteiger partial charge is 0.257 e. The Morgan fingerprint density at radius 1 is 1.31 bits per heavy atom. The highest BCUT2D eigenvalue weighted by atomic mass is 79.9. The van der Waals surface area contributed by atoms with Gasteiger partial charge >= 0.3 is 0 Å². The molecule has 2 N–H and O–H groups in total. The summed E-state index contributed by atoms with van der Waals surface area (Å²) in [6.45, 7) is 1.82. The maximum atomic E-state index is 12.6. The van der Waals surface area contributed by atoms with Crippen molar-refractivity contribution in [1.29, 1.82) is 0 Å². The minimum absolute atomic E-state index is 0.140. The fourth-order valence-corrected chi connectivity index (χ4v) is 3.57. The molecular weight excluding hydrogens is 398 g/mol. The van der Waals surface area contributed by atoms with E-state index < -0.39 is 0 Å². The molecule has 1 aliphatic rings. The van der Waals surface area contributed by atoms with E-state index in [-0.39, 0.29) is 11.5 Å². The first-order chi connectivity index (χ1) is 12.5. The number of aryl methyl sites for hydroxylation is 2. The summed E-state index contributed by atoms with van der Waals surface area (Å²) in [4.78, 5) is 32.2. The van der Waals surface area contributed by atoms with Gasteiger partial charge in [-0.3, -0.25) is 14.6 Å². The number of nitrogens with zero attached hydrogens (tertiary/aromatic N) is 3. The number of benzene rings is 1. The molecule has 0 radical (unpaired) electrons. The van der Waals surface area contributed by atoms with Crippen molar-refractivity contribution in [1.82, 2.24) is 19.7 Å². The maximum Gasteiger partial charge on any atom is 0.257 e. The molecule has 2 aromatic heterocycles. The lowest BCUT2D eigenvalue weighted by molar-refractivity contribution is 0.102. The van der Waals surface area contributed by atoms with Crippen LogP contribution in [-0.2, 0) is 12.8 Å². The van der Waals surface area contributed by atoms with Crippen LogP contribution in [0.2, 0.25) is 0 Å². The van der Waals surface area contributed by atoms with E-state index in [0.717, 1.165) is 30.5 Å². The highest BCUT2D eigenvalue weighted by Crippen LogP contribution is 2.21. The van der Waals surface area contributed by atoms with Crippen molar-refractivity contribution in [2.24, 2.45) is 0 Å². The lowest BCUT2D eigenvalue weighted by Gasteiger charge is -2.10. The minimum Gasteiger partial charge on any atom is -0.306 e. The number of carbonyl (C=O) groups excluding carboxylic acids is 1. The molecule has 0 bridgehead atoms. The molecule has 2 heterocycles. The third-order valence-electron chi connectivity index (χ3n) is 4.32. The van der Waals surface area contributed by atoms with Gasteiger partial charge in [0.25, 0.3) is 11.5 Å². The summed E-state index contributed by atoms with van der Waals surface area (Å²) in [5, 5.41) is 7.22. The second kappa shape index (κ2) is 6.53. The van der Waals surface area contributed by atoms with E-state index in [4.69, 9.17) is 0 Å². The van der Waals surface area contributed by atoms with Gasteiger partial charge in [0.15, 0.2) is 0 Å². The Labute approximate surface area is 157 Å². The Bertz CT molecular complexity index is 1070. The van der Waals surface area contributed by atoms with Gasteiger partial charge in [0.1, 0.15) is 5.82 Å². The summed E-state index contributed by atoms with van der Waals surface area (Å²) in [6.07, 6.45) is 2.46. The van der Waals surface area contributed by atoms with Crippen LogP contribution in [0.3, 0.4) is 0 Å². The highest BCUT2D eigenvalue weighted by Gasteiger charge is 2.20. The number of halogens is 1. The maximum absolute atomic E-state index is 12.6. The van der Waals surface area contributed by atoms with Gasteiger partial charge in [0.2, 0.25) is 5.95 Å². The Morgan fingerprint density at radius 3 is 2.92 bits per heavy atom. The van der Waals surface area contributed by atoms with E-state index in [1.54, 1.807) is 24.3 Å². The average molecular weight is 414 g/mol. The molecule has 26 heavy (non-hydrogen) atoms. The lowest BCUT2D eigenvalue weighted by atomic mass is 10.2. The fraction of sp³-hybridized carbons (Fsp3) is 0.222. The van der Waals surface area contributed by atoms with Crippen molar-refractivity contribution in [3.63, 3.8) is 0 Å². The van der Waals surface area contributed by atoms with Crippen LogP contribution in [-0.4, -0.2) is 25.7 Å². The zero-order valence-electron chi connectivity index (χ0n) is 14.0. The quantitative estimate of drug-likeness (QED) is 0.690. The molecule has 132 valence electrons. The molecule has 0 unspecified atom stereocenters. The van der Waals surface area contributed by atoms with Gasteiger partial charge in [-0.1, -0.05) is 12.1 Å². The number of fused-ring (bicyclic) bond motifs is 1. The number of anilines is 1. The van der Waals surface area contributed by atoms with Gasteiger partial charge in [-0.05, 0) is 54.2 Å². The minimum atomic E-state index is -0.276. The zero-order chi connectivity index (χ0) is 18.3. The first-order valence-corrected chi connectivity index (χ1v) is 9.07. The Balaban J connectivity index is 1.72. The van der Waals surface area contributed by atoms with Crippen LogP contribution in [0.1, 0.15) is 33.7 Å². The summed E-state index contributed by atoms with van der Waals surface area (Å²) < 4.78 is 2.16. The predicted molar refractivity (Wildman–Crippen MR) is 101 cm³/mol. The molecule has 4 rings (SSSR count). The molecule has 0 spiro atoms. The predicted octanol–water partition coefficient (Wildman–Crippen LogP) is 2.77. The number of aromatic amines is 1. The van der Waals surface area contributed by atoms with Crippen LogP contribution < -0.4 is 10.9 Å². The summed E-state index contributed by atoms with van der Waals surface area (Å²) in [5.74, 6) is 0.484. The van der Waals surface area contributed by atoms with E-state index >= 15 is 0 Å². The van der Waals surface area contributed by atoms with Crippen LogP contribution in [0.25, 0.3) is 5.95 Å². The molecule has 0 atom stereocenters. The first-order valence-electron chi connectivity index (χ1n) is 8.28. The molecule has 3 aromatic rings. The van der Waals surface area contributed by atoms with E-state index in [1.165, 1.54) is 4.68 Å². The van der Waals surface area contributed by atoms with Crippen molar-refractivity contribution in [3.05, 3.63) is 67.7 Å². The number of hydrogen-bond acceptors (Lipinski definition) is 4. The van der Waals surface area contributed by atoms with Crippen molar-refractivity contribution >= 4 is 27.7 Å². The molecule has 0 saturated carbocycles. The molecular formula is C18H16BrN5O2. The van der Waals surface area contributed by atoms with Crippen LogP contribution in [0.4, 0.5) is 5.82 Å². The monoisotopic (exact) mass is 413 g/mol. The largest absolute Gasteiger partial charge is 0.306 e. The lowest BCUT2D eigenvalue weighted by Crippen LogP contribution is -2.21. The number of H-pyrrole nitrogens is 1. The topological polar surface area (TPSA) is 92.7 Å². The number of rotatable bonds is 3. The standard InChI is InChI=1S/C18H16BrN5O2/c1-10-9-15(21-16(25)11-5-2-3-7-13(11)19)24(23-10)18-20-14-8-4-6-12(14)17(26)22-18/h2-3,5,7,9H,4,6,8H2,1H3,(H,21,25)(H,20,22,26). The van der Waals surface area contributed by atoms with Gasteiger partial charge < -0.3 is 5.32 Å². The van der Waals surface area contributed by atoms with Gasteiger partial charge in [-0.2, -0.15) is 9.78 Å². The van der Waals surface area contributed by atoms with Gasteiger partial charge in [-0.15, -0.1) is 0 Å². The van der Waals surface area contributed by atoms with Crippen LogP contribution in [0.5, 0.6) is 0 Å². The van der Waals surface area contributed by atoms with Crippen molar-refractivity contribution < 1.29 is 4.79 Å². The van der Waals surface area contributed by atoms with Crippen LogP contribution in [0.15, 0.2) is 39.6 Å². The van der Waals surface area contributed by atoms with Crippen molar-refractivity contribution in [2.45, 2.75) is 26.2 Å². The van der Waals surface area contributed by atoms with E-state index in [9.17, 15) is 9.59 Å². The third-order valence-corrected chi connectivity index (χ3v) is 5.01. The normalized spacial score (nSPS) is 12.8. The molecule has 8 heteroatoms. The number of nitrogens with one attached hydrogen (secondary N) is 2. The molecule has 7 nitrogen and oxygen atoms in total. The second-order valence-corrected chi connectivity index (χ2v) is 7.04. The van der Waals surface area contributed by atoms with Gasteiger partial charge in [0.05, 0.1) is 17.0 Å². The van der Waals surface area contributed by atoms with Gasteiger partial charge in [0, 0.05) is 16.1 Å². The Hall–Kier alpha value is -2.74. The summed E-state index contributed by atoms with van der Waals surface area (Å²) >= 11 is 3.38. The fourth-order valence-electron chi connectivity index (χ4n) is 3.11. The zero-order valence-corrected chi connectivity index (χ0v) is 15.6. The van der Waals surface area contributed by atoms with Crippen molar-refractivity contribution in [3.8, 4) is 5.95 Å². The second-order valence-electron chi connectivity index (χ2n) is 6.19. The number of amides is 1. The SMILES string of the molecule is Cc1cc(NC(=O)c2ccccc2Br)n(-c2nc3c(c(=O)[nH]2)CCC3)n1. The Morgan fingerprint density at radius 2 is 2.12 bits per heavy atom. The van der Waals surface area contributed by atoms with Crippen molar-refractivity contribution in [2.75, 3.05) is 5.32 Å². The van der Waals surface area contributed by atoms with Crippen LogP contribution in [0, 0.1) is 6.92 Å². The van der Waals surface area contributed by atoms with E-state index in [0.29, 0.717) is 27.5 Å². The molecule has 1 aromatic carbocycles. The molecule has 0 saturated heterocycles. The summed E-state index contributed by atoms with van der Waals surface area (Å²) in [6, 6.07) is 8.90. The number of carbonyl (C=O) groups is 1. The molecule has 0 aliphatic heterocycles.